The van der Waals surface area contributed by atoms with Gasteiger partial charge in [-0.3, -0.25) is 4.99 Å². The minimum Gasteiger partial charge on any atom is -0.479 e. The average Bonchev–Trinajstić information content (AvgIpc) is 2.73. The van der Waals surface area contributed by atoms with Crippen molar-refractivity contribution in [3.05, 3.63) is 52.0 Å². The van der Waals surface area contributed by atoms with E-state index in [9.17, 15) is 4.79 Å². The van der Waals surface area contributed by atoms with E-state index in [0.717, 1.165) is 43.2 Å². The summed E-state index contributed by atoms with van der Waals surface area (Å²) in [7, 11) is 0. The number of esters is 1. The first kappa shape index (κ1) is 21.4. The number of anilines is 1. The van der Waals surface area contributed by atoms with Crippen LogP contribution in [0, 0.1) is 0 Å². The molecule has 2 aromatic rings. The first-order chi connectivity index (χ1) is 14.1. The molecule has 0 aliphatic carbocycles. The Morgan fingerprint density at radius 2 is 1.83 bits per heavy atom. The fraction of sp³-hybridized carbons (Fsp3) is 0.333. The van der Waals surface area contributed by atoms with Crippen LogP contribution in [-0.4, -0.2) is 51.7 Å². The van der Waals surface area contributed by atoms with Gasteiger partial charge in [-0.25, -0.2) is 4.79 Å². The van der Waals surface area contributed by atoms with Crippen LogP contribution in [0.15, 0.2) is 41.4 Å². The van der Waals surface area contributed by atoms with E-state index in [1.165, 1.54) is 0 Å². The number of carbonyl (C=O) groups is 1. The maximum Gasteiger partial charge on any atom is 0.344 e. The van der Waals surface area contributed by atoms with E-state index in [2.05, 4.69) is 9.89 Å². The maximum absolute atomic E-state index is 11.4. The first-order valence-electron chi connectivity index (χ1n) is 9.31. The lowest BCUT2D eigenvalue weighted by Gasteiger charge is -2.28. The summed E-state index contributed by atoms with van der Waals surface area (Å²) < 4.78 is 15.6. The Bertz CT molecular complexity index is 842. The lowest BCUT2D eigenvalue weighted by molar-refractivity contribution is -0.145. The Balaban J connectivity index is 1.65. The predicted molar refractivity (Wildman–Crippen MR) is 115 cm³/mol. The van der Waals surface area contributed by atoms with Gasteiger partial charge >= 0.3 is 5.97 Å². The molecule has 0 spiro atoms. The summed E-state index contributed by atoms with van der Waals surface area (Å²) >= 11 is 12.5. The number of aliphatic imine (C=N–C) groups is 1. The van der Waals surface area contributed by atoms with Gasteiger partial charge < -0.3 is 19.1 Å². The molecule has 6 nitrogen and oxygen atoms in total. The predicted octanol–water partition coefficient (Wildman–Crippen LogP) is 4.52. The third-order valence-corrected chi connectivity index (χ3v) is 4.81. The van der Waals surface area contributed by atoms with Gasteiger partial charge in [-0.05, 0) is 48.9 Å². The molecule has 0 N–H and O–H groups in total. The maximum atomic E-state index is 11.4. The van der Waals surface area contributed by atoms with Gasteiger partial charge in [0.1, 0.15) is 0 Å². The summed E-state index contributed by atoms with van der Waals surface area (Å²) in [6, 6.07) is 11.4. The SMILES string of the molecule is CCOC(=O)COc1c(Cl)cc(C=Nc2ccc(N3CCOCC3)cc2)cc1Cl. The van der Waals surface area contributed by atoms with Gasteiger partial charge in [0.2, 0.25) is 0 Å². The van der Waals surface area contributed by atoms with Gasteiger partial charge in [0.25, 0.3) is 0 Å². The lowest BCUT2D eigenvalue weighted by Crippen LogP contribution is -2.36. The molecule has 0 saturated carbocycles. The number of morpholine rings is 1. The smallest absolute Gasteiger partial charge is 0.344 e. The van der Waals surface area contributed by atoms with Crippen molar-refractivity contribution in [3.63, 3.8) is 0 Å². The van der Waals surface area contributed by atoms with Crippen LogP contribution in [0.3, 0.4) is 0 Å². The highest BCUT2D eigenvalue weighted by molar-refractivity contribution is 6.37. The van der Waals surface area contributed by atoms with Crippen LogP contribution in [0.1, 0.15) is 12.5 Å². The number of nitrogens with zero attached hydrogens (tertiary/aromatic N) is 2. The number of benzene rings is 2. The molecule has 0 unspecified atom stereocenters. The second-order valence-corrected chi connectivity index (χ2v) is 7.10. The summed E-state index contributed by atoms with van der Waals surface area (Å²) in [5.41, 5.74) is 2.69. The molecule has 1 aliphatic rings. The highest BCUT2D eigenvalue weighted by Crippen LogP contribution is 2.34. The minimum atomic E-state index is -0.481. The van der Waals surface area contributed by atoms with Crippen LogP contribution >= 0.6 is 23.2 Å². The van der Waals surface area contributed by atoms with Gasteiger partial charge in [-0.15, -0.1) is 0 Å². The molecular formula is C21H22Cl2N2O4. The second kappa shape index (κ2) is 10.5. The molecule has 2 aromatic carbocycles. The lowest BCUT2D eigenvalue weighted by atomic mass is 10.2. The molecule has 29 heavy (non-hydrogen) atoms. The van der Waals surface area contributed by atoms with Crippen molar-refractivity contribution in [1.82, 2.24) is 0 Å². The van der Waals surface area contributed by atoms with Crippen molar-refractivity contribution in [2.24, 2.45) is 4.99 Å². The van der Waals surface area contributed by atoms with E-state index in [0.29, 0.717) is 10.0 Å². The van der Waals surface area contributed by atoms with Gasteiger partial charge in [-0.2, -0.15) is 0 Å². The zero-order valence-corrected chi connectivity index (χ0v) is 17.6. The Morgan fingerprint density at radius 3 is 2.45 bits per heavy atom. The van der Waals surface area contributed by atoms with Crippen LogP contribution in [0.4, 0.5) is 11.4 Å². The molecule has 1 aliphatic heterocycles. The summed E-state index contributed by atoms with van der Waals surface area (Å²) in [6.07, 6.45) is 1.68. The number of hydrogen-bond donors (Lipinski definition) is 0. The van der Waals surface area contributed by atoms with E-state index in [-0.39, 0.29) is 19.0 Å². The largest absolute Gasteiger partial charge is 0.479 e. The summed E-state index contributed by atoms with van der Waals surface area (Å²) in [6.45, 7) is 5.04. The van der Waals surface area contributed by atoms with Crippen molar-refractivity contribution in [2.45, 2.75) is 6.92 Å². The molecule has 3 rings (SSSR count). The molecule has 1 heterocycles. The van der Waals surface area contributed by atoms with Crippen molar-refractivity contribution < 1.29 is 19.0 Å². The third-order valence-electron chi connectivity index (χ3n) is 4.25. The standard InChI is InChI=1S/C21H22Cl2N2O4/c1-2-28-20(26)14-29-21-18(22)11-15(12-19(21)23)13-24-16-3-5-17(6-4-16)25-7-9-27-10-8-25/h3-6,11-13H,2,7-10,14H2,1H3. The van der Waals surface area contributed by atoms with Crippen LogP contribution in [0.5, 0.6) is 5.75 Å². The highest BCUT2D eigenvalue weighted by atomic mass is 35.5. The van der Waals surface area contributed by atoms with E-state index in [1.54, 1.807) is 25.3 Å². The van der Waals surface area contributed by atoms with Crippen molar-refractivity contribution in [1.29, 1.82) is 0 Å². The quantitative estimate of drug-likeness (QED) is 0.471. The molecule has 1 fully saturated rings. The van der Waals surface area contributed by atoms with E-state index < -0.39 is 5.97 Å². The normalized spacial score (nSPS) is 14.2. The topological polar surface area (TPSA) is 60.4 Å². The molecular weight excluding hydrogens is 415 g/mol. The van der Waals surface area contributed by atoms with Gasteiger partial charge in [0, 0.05) is 25.0 Å². The number of halogens is 2. The van der Waals surface area contributed by atoms with Crippen molar-refractivity contribution in [2.75, 3.05) is 44.4 Å². The van der Waals surface area contributed by atoms with Gasteiger partial charge in [0.05, 0.1) is 35.6 Å². The molecule has 0 atom stereocenters. The molecule has 0 bridgehead atoms. The Kier molecular flexibility index (Phi) is 7.75. The summed E-state index contributed by atoms with van der Waals surface area (Å²) in [5, 5.41) is 0.594. The molecule has 0 aromatic heterocycles. The fourth-order valence-electron chi connectivity index (χ4n) is 2.85. The Morgan fingerprint density at radius 1 is 1.17 bits per heavy atom. The van der Waals surface area contributed by atoms with Crippen molar-refractivity contribution in [3.8, 4) is 5.75 Å². The zero-order valence-electron chi connectivity index (χ0n) is 16.1. The number of hydrogen-bond acceptors (Lipinski definition) is 6. The molecule has 8 heteroatoms. The van der Waals surface area contributed by atoms with Crippen molar-refractivity contribution >= 4 is 46.8 Å². The van der Waals surface area contributed by atoms with Gasteiger partial charge in [-0.1, -0.05) is 23.2 Å². The minimum absolute atomic E-state index is 0.244. The van der Waals surface area contributed by atoms with Gasteiger partial charge in [0.15, 0.2) is 12.4 Å². The van der Waals surface area contributed by atoms with Crippen LogP contribution in [0.25, 0.3) is 0 Å². The van der Waals surface area contributed by atoms with Crippen LogP contribution < -0.4 is 9.64 Å². The first-order valence-corrected chi connectivity index (χ1v) is 10.1. The number of rotatable bonds is 7. The number of ether oxygens (including phenoxy) is 3. The molecule has 154 valence electrons. The molecule has 0 amide bonds. The molecule has 0 radical (unpaired) electrons. The molecule has 1 saturated heterocycles. The van der Waals surface area contributed by atoms with E-state index in [4.69, 9.17) is 37.4 Å². The third kappa shape index (κ3) is 6.10. The fourth-order valence-corrected chi connectivity index (χ4v) is 3.46. The zero-order chi connectivity index (χ0) is 20.6. The van der Waals surface area contributed by atoms with Crippen LogP contribution in [0.2, 0.25) is 10.0 Å². The Hall–Kier alpha value is -2.28. The second-order valence-electron chi connectivity index (χ2n) is 6.28. The number of carbonyl (C=O) groups excluding carboxylic acids is 1. The monoisotopic (exact) mass is 436 g/mol. The summed E-state index contributed by atoms with van der Waals surface area (Å²) in [5.74, 6) is -0.237. The van der Waals surface area contributed by atoms with Crippen LogP contribution in [-0.2, 0) is 14.3 Å². The van der Waals surface area contributed by atoms with E-state index >= 15 is 0 Å². The Labute approximate surface area is 180 Å². The highest BCUT2D eigenvalue weighted by Gasteiger charge is 2.12. The summed E-state index contributed by atoms with van der Waals surface area (Å²) in [4.78, 5) is 18.2. The average molecular weight is 437 g/mol. The van der Waals surface area contributed by atoms with E-state index in [1.807, 2.05) is 24.3 Å².